The molecule has 2 heterocycles. The monoisotopic (exact) mass is 397 g/mol. The van der Waals surface area contributed by atoms with Crippen molar-refractivity contribution in [2.45, 2.75) is 25.8 Å². The van der Waals surface area contributed by atoms with Gasteiger partial charge in [-0.25, -0.2) is 0 Å². The molecule has 2 aromatic rings. The highest BCUT2D eigenvalue weighted by molar-refractivity contribution is 9.10. The van der Waals surface area contributed by atoms with Crippen LogP contribution in [0.4, 0.5) is 0 Å². The van der Waals surface area contributed by atoms with E-state index in [1.807, 2.05) is 19.3 Å². The summed E-state index contributed by atoms with van der Waals surface area (Å²) in [6, 6.07) is 8.51. The Bertz CT molecular complexity index is 627. The van der Waals surface area contributed by atoms with Crippen molar-refractivity contribution in [2.24, 2.45) is 5.92 Å². The van der Waals surface area contributed by atoms with Crippen LogP contribution in [0.2, 0.25) is 0 Å². The number of aromatic nitrogens is 1. The van der Waals surface area contributed by atoms with Crippen LogP contribution in [0.3, 0.4) is 0 Å². The Hall–Kier alpha value is -0.680. The van der Waals surface area contributed by atoms with Crippen LogP contribution >= 0.6 is 28.3 Å². The molecule has 0 amide bonds. The van der Waals surface area contributed by atoms with Crippen molar-refractivity contribution in [1.82, 2.24) is 15.2 Å². The predicted octanol–water partition coefficient (Wildman–Crippen LogP) is 4.24. The number of fused-ring (bicyclic) bond motifs is 1. The molecule has 1 aliphatic rings. The smallest absolute Gasteiger partial charge is 0.0758 e. The van der Waals surface area contributed by atoms with Crippen molar-refractivity contribution < 1.29 is 0 Å². The van der Waals surface area contributed by atoms with Crippen molar-refractivity contribution in [2.75, 3.05) is 26.7 Å². The summed E-state index contributed by atoms with van der Waals surface area (Å²) in [6.07, 6.45) is 5.85. The molecule has 5 heteroatoms. The maximum Gasteiger partial charge on any atom is 0.0758 e. The molecular weight excluding hydrogens is 374 g/mol. The Morgan fingerprint density at radius 2 is 2.04 bits per heavy atom. The number of nitrogens with zero attached hydrogens (tertiary/aromatic N) is 2. The molecule has 1 N–H and O–H groups in total. The van der Waals surface area contributed by atoms with Crippen LogP contribution in [0, 0.1) is 5.92 Å². The number of halogens is 2. The molecule has 0 spiro atoms. The molecule has 3 nitrogen and oxygen atoms in total. The molecular formula is C18H25BrClN3. The SMILES string of the molecule is CNCCC1CCN(Cc2ccc(Br)c3cccnc23)CC1.Cl. The zero-order chi connectivity index (χ0) is 15.4. The van der Waals surface area contributed by atoms with Gasteiger partial charge in [0.2, 0.25) is 0 Å². The summed E-state index contributed by atoms with van der Waals surface area (Å²) in [5, 5.41) is 4.48. The molecule has 1 fully saturated rings. The van der Waals surface area contributed by atoms with Gasteiger partial charge in [0.1, 0.15) is 0 Å². The number of hydrogen-bond donors (Lipinski definition) is 1. The Kier molecular flexibility index (Phi) is 7.28. The Balaban J connectivity index is 0.00000192. The van der Waals surface area contributed by atoms with Crippen LogP contribution in [0.15, 0.2) is 34.9 Å². The number of pyridine rings is 1. The highest BCUT2D eigenvalue weighted by Crippen LogP contribution is 2.27. The molecule has 0 bridgehead atoms. The summed E-state index contributed by atoms with van der Waals surface area (Å²) in [7, 11) is 2.04. The molecule has 0 radical (unpaired) electrons. The topological polar surface area (TPSA) is 28.2 Å². The first kappa shape index (κ1) is 18.7. The quantitative estimate of drug-likeness (QED) is 0.816. The van der Waals surface area contributed by atoms with Crippen molar-refractivity contribution in [3.63, 3.8) is 0 Å². The molecule has 0 saturated carbocycles. The van der Waals surface area contributed by atoms with Gasteiger partial charge in [-0.1, -0.05) is 28.1 Å². The van der Waals surface area contributed by atoms with E-state index in [1.165, 1.54) is 43.3 Å². The predicted molar refractivity (Wildman–Crippen MR) is 103 cm³/mol. The summed E-state index contributed by atoms with van der Waals surface area (Å²) in [6.45, 7) is 4.57. The van der Waals surface area contributed by atoms with E-state index < -0.39 is 0 Å². The highest BCUT2D eigenvalue weighted by atomic mass is 79.9. The van der Waals surface area contributed by atoms with Crippen LogP contribution in [-0.2, 0) is 6.54 Å². The van der Waals surface area contributed by atoms with Gasteiger partial charge < -0.3 is 5.32 Å². The molecule has 1 aromatic carbocycles. The molecule has 3 rings (SSSR count). The number of nitrogens with one attached hydrogen (secondary N) is 1. The average Bonchev–Trinajstić information content (AvgIpc) is 2.57. The molecule has 1 aromatic heterocycles. The largest absolute Gasteiger partial charge is 0.320 e. The molecule has 23 heavy (non-hydrogen) atoms. The van der Waals surface area contributed by atoms with E-state index in [0.717, 1.165) is 29.0 Å². The van der Waals surface area contributed by atoms with Crippen LogP contribution < -0.4 is 5.32 Å². The first-order valence-corrected chi connectivity index (χ1v) is 8.96. The van der Waals surface area contributed by atoms with E-state index in [2.05, 4.69) is 49.3 Å². The van der Waals surface area contributed by atoms with Gasteiger partial charge in [0.25, 0.3) is 0 Å². The molecule has 0 unspecified atom stereocenters. The molecule has 0 atom stereocenters. The Morgan fingerprint density at radius 1 is 1.26 bits per heavy atom. The Morgan fingerprint density at radius 3 is 2.78 bits per heavy atom. The maximum atomic E-state index is 4.60. The second-order valence-corrected chi connectivity index (χ2v) is 7.07. The molecule has 1 saturated heterocycles. The van der Waals surface area contributed by atoms with E-state index in [4.69, 9.17) is 0 Å². The summed E-state index contributed by atoms with van der Waals surface area (Å²) >= 11 is 3.63. The molecule has 0 aliphatic carbocycles. The van der Waals surface area contributed by atoms with Gasteiger partial charge in [-0.15, -0.1) is 12.4 Å². The maximum absolute atomic E-state index is 4.60. The summed E-state index contributed by atoms with van der Waals surface area (Å²) in [5.41, 5.74) is 2.47. The summed E-state index contributed by atoms with van der Waals surface area (Å²) in [4.78, 5) is 7.17. The van der Waals surface area contributed by atoms with E-state index in [-0.39, 0.29) is 12.4 Å². The first-order valence-electron chi connectivity index (χ1n) is 8.17. The van der Waals surface area contributed by atoms with Gasteiger partial charge in [0.15, 0.2) is 0 Å². The van der Waals surface area contributed by atoms with Crippen LogP contribution in [0.1, 0.15) is 24.8 Å². The molecule has 126 valence electrons. The zero-order valence-electron chi connectivity index (χ0n) is 13.6. The number of likely N-dealkylation sites (tertiary alicyclic amines) is 1. The lowest BCUT2D eigenvalue weighted by Gasteiger charge is -2.32. The first-order chi connectivity index (χ1) is 10.8. The Labute approximate surface area is 153 Å². The fourth-order valence-electron chi connectivity index (χ4n) is 3.35. The third kappa shape index (κ3) is 4.66. The standard InChI is InChI=1S/C18H24BrN3.ClH/c1-20-10-6-14-7-11-22(12-8-14)13-15-4-5-17(19)16-3-2-9-21-18(15)16;/h2-5,9,14,20H,6-8,10-13H2,1H3;1H. The van der Waals surface area contributed by atoms with E-state index in [0.29, 0.717) is 0 Å². The number of hydrogen-bond acceptors (Lipinski definition) is 3. The minimum Gasteiger partial charge on any atom is -0.320 e. The van der Waals surface area contributed by atoms with Crippen molar-refractivity contribution in [1.29, 1.82) is 0 Å². The van der Waals surface area contributed by atoms with Gasteiger partial charge in [-0.2, -0.15) is 0 Å². The van der Waals surface area contributed by atoms with E-state index >= 15 is 0 Å². The van der Waals surface area contributed by atoms with Gasteiger partial charge in [0.05, 0.1) is 5.52 Å². The van der Waals surface area contributed by atoms with Crippen LogP contribution in [0.5, 0.6) is 0 Å². The summed E-state index contributed by atoms with van der Waals surface area (Å²) < 4.78 is 1.13. The number of rotatable bonds is 5. The van der Waals surface area contributed by atoms with E-state index in [9.17, 15) is 0 Å². The van der Waals surface area contributed by atoms with E-state index in [1.54, 1.807) is 0 Å². The van der Waals surface area contributed by atoms with Gasteiger partial charge in [-0.3, -0.25) is 9.88 Å². The second kappa shape index (κ2) is 8.97. The summed E-state index contributed by atoms with van der Waals surface area (Å²) in [5.74, 6) is 0.892. The molecule has 1 aliphatic heterocycles. The zero-order valence-corrected chi connectivity index (χ0v) is 16.0. The minimum absolute atomic E-state index is 0. The lowest BCUT2D eigenvalue weighted by molar-refractivity contribution is 0.173. The number of piperidine rings is 1. The van der Waals surface area contributed by atoms with Crippen LogP contribution in [0.25, 0.3) is 10.9 Å². The van der Waals surface area contributed by atoms with Crippen molar-refractivity contribution in [3.8, 4) is 0 Å². The minimum atomic E-state index is 0. The van der Waals surface area contributed by atoms with Gasteiger partial charge >= 0.3 is 0 Å². The van der Waals surface area contributed by atoms with Crippen molar-refractivity contribution >= 4 is 39.2 Å². The number of benzene rings is 1. The van der Waals surface area contributed by atoms with Gasteiger partial charge in [0, 0.05) is 22.6 Å². The highest BCUT2D eigenvalue weighted by Gasteiger charge is 2.19. The average molecular weight is 399 g/mol. The van der Waals surface area contributed by atoms with Crippen molar-refractivity contribution in [3.05, 3.63) is 40.5 Å². The fourth-order valence-corrected chi connectivity index (χ4v) is 3.80. The van der Waals surface area contributed by atoms with Crippen LogP contribution in [-0.4, -0.2) is 36.6 Å². The lowest BCUT2D eigenvalue weighted by Crippen LogP contribution is -2.34. The normalized spacial score (nSPS) is 16.4. The second-order valence-electron chi connectivity index (χ2n) is 6.22. The third-order valence-electron chi connectivity index (χ3n) is 4.70. The van der Waals surface area contributed by atoms with Gasteiger partial charge in [-0.05, 0) is 69.6 Å². The third-order valence-corrected chi connectivity index (χ3v) is 5.40. The fraction of sp³-hybridized carbons (Fsp3) is 0.500. The lowest BCUT2D eigenvalue weighted by atomic mass is 9.93.